The van der Waals surface area contributed by atoms with Gasteiger partial charge in [0.15, 0.2) is 11.2 Å². The summed E-state index contributed by atoms with van der Waals surface area (Å²) in [4.78, 5) is 47.0. The summed E-state index contributed by atoms with van der Waals surface area (Å²) < 4.78 is 11.1. The number of rotatable bonds is 6. The van der Waals surface area contributed by atoms with Gasteiger partial charge < -0.3 is 9.64 Å². The van der Waals surface area contributed by atoms with Gasteiger partial charge in [-0.2, -0.15) is 4.98 Å². The lowest BCUT2D eigenvalue weighted by molar-refractivity contribution is 0.249. The Bertz CT molecular complexity index is 1570. The minimum atomic E-state index is -0.452. The van der Waals surface area contributed by atoms with Crippen molar-refractivity contribution in [1.82, 2.24) is 28.0 Å². The maximum Gasteiger partial charge on any atom is 0.332 e. The monoisotopic (exact) mass is 479 g/mol. The standard InChI is InChI=1S/C24H29N7O4/c1-26-21-20(22(33)27(2)24(26)34)31-12-9-19(32)30(23(31)25-21)11-6-10-28-13-15-29(16-14-28)17-7-4-5-8-18(17)35-3/h4-5,7-9,12H,6,10-11,13-16H2,1-3H3. The average molecular weight is 480 g/mol. The van der Waals surface area contributed by atoms with Gasteiger partial charge in [-0.25, -0.2) is 4.79 Å². The zero-order valence-electron chi connectivity index (χ0n) is 20.2. The van der Waals surface area contributed by atoms with Crippen LogP contribution in [0.3, 0.4) is 0 Å². The Labute approximate surface area is 201 Å². The van der Waals surface area contributed by atoms with Crippen LogP contribution in [-0.2, 0) is 20.6 Å². The second kappa shape index (κ2) is 9.06. The lowest BCUT2D eigenvalue weighted by Gasteiger charge is -2.36. The quantitative estimate of drug-likeness (QED) is 0.391. The molecule has 35 heavy (non-hydrogen) atoms. The molecule has 4 heterocycles. The highest BCUT2D eigenvalue weighted by atomic mass is 16.5. The third kappa shape index (κ3) is 3.91. The highest BCUT2D eigenvalue weighted by molar-refractivity contribution is 5.75. The second-order valence-corrected chi connectivity index (χ2v) is 8.82. The molecule has 0 unspecified atom stereocenters. The molecule has 0 spiro atoms. The molecule has 0 amide bonds. The van der Waals surface area contributed by atoms with Crippen LogP contribution < -0.4 is 26.4 Å². The van der Waals surface area contributed by atoms with Crippen LogP contribution in [0.1, 0.15) is 6.42 Å². The number of imidazole rings is 1. The van der Waals surface area contributed by atoms with E-state index in [0.717, 1.165) is 55.1 Å². The van der Waals surface area contributed by atoms with Crippen molar-refractivity contribution in [2.24, 2.45) is 14.1 Å². The summed E-state index contributed by atoms with van der Waals surface area (Å²) in [6.07, 6.45) is 2.31. The number of aromatic nitrogens is 5. The summed E-state index contributed by atoms with van der Waals surface area (Å²) in [5.41, 5.74) is 0.590. The van der Waals surface area contributed by atoms with Crippen LogP contribution in [-0.4, -0.2) is 67.8 Å². The minimum absolute atomic E-state index is 0.185. The molecule has 0 aliphatic carbocycles. The molecule has 184 valence electrons. The number of methoxy groups -OCH3 is 1. The zero-order chi connectivity index (χ0) is 24.7. The number of benzene rings is 1. The molecule has 4 aromatic rings. The van der Waals surface area contributed by atoms with E-state index in [0.29, 0.717) is 12.3 Å². The van der Waals surface area contributed by atoms with Crippen LogP contribution in [0.25, 0.3) is 16.9 Å². The van der Waals surface area contributed by atoms with E-state index in [-0.39, 0.29) is 16.7 Å². The fourth-order valence-electron chi connectivity index (χ4n) is 4.83. The summed E-state index contributed by atoms with van der Waals surface area (Å²) in [6, 6.07) is 9.49. The number of nitrogens with zero attached hydrogens (tertiary/aromatic N) is 7. The smallest absolute Gasteiger partial charge is 0.332 e. The van der Waals surface area contributed by atoms with E-state index in [4.69, 9.17) is 4.74 Å². The van der Waals surface area contributed by atoms with E-state index in [2.05, 4.69) is 20.9 Å². The van der Waals surface area contributed by atoms with Gasteiger partial charge in [0, 0.05) is 59.1 Å². The van der Waals surface area contributed by atoms with Crippen LogP contribution in [0.2, 0.25) is 0 Å². The van der Waals surface area contributed by atoms with E-state index >= 15 is 0 Å². The molecule has 1 aliphatic rings. The number of fused-ring (bicyclic) bond motifs is 3. The number of hydrogen-bond acceptors (Lipinski definition) is 7. The molecular formula is C24H29N7O4. The largest absolute Gasteiger partial charge is 0.495 e. The summed E-state index contributed by atoms with van der Waals surface area (Å²) in [5.74, 6) is 1.25. The number of aryl methyl sites for hydroxylation is 2. The molecule has 0 atom stereocenters. The fourth-order valence-corrected chi connectivity index (χ4v) is 4.83. The van der Waals surface area contributed by atoms with E-state index in [1.165, 1.54) is 17.7 Å². The predicted octanol–water partition coefficient (Wildman–Crippen LogP) is 0.268. The van der Waals surface area contributed by atoms with Gasteiger partial charge in [0.1, 0.15) is 5.75 Å². The Kier molecular flexibility index (Phi) is 5.93. The second-order valence-electron chi connectivity index (χ2n) is 8.82. The van der Waals surface area contributed by atoms with Crippen LogP contribution >= 0.6 is 0 Å². The topological polar surface area (TPSA) is 99.0 Å². The van der Waals surface area contributed by atoms with Crippen molar-refractivity contribution < 1.29 is 4.74 Å². The van der Waals surface area contributed by atoms with E-state index < -0.39 is 11.2 Å². The van der Waals surface area contributed by atoms with Gasteiger partial charge >= 0.3 is 5.69 Å². The highest BCUT2D eigenvalue weighted by Crippen LogP contribution is 2.28. The first-order chi connectivity index (χ1) is 16.9. The average Bonchev–Trinajstić information content (AvgIpc) is 3.28. The molecule has 1 aliphatic heterocycles. The van der Waals surface area contributed by atoms with E-state index in [1.54, 1.807) is 29.3 Å². The van der Waals surface area contributed by atoms with Gasteiger partial charge in [-0.05, 0) is 25.1 Å². The fraction of sp³-hybridized carbons (Fsp3) is 0.417. The van der Waals surface area contributed by atoms with Gasteiger partial charge in [-0.15, -0.1) is 0 Å². The highest BCUT2D eigenvalue weighted by Gasteiger charge is 2.20. The Balaban J connectivity index is 1.31. The SMILES string of the molecule is COc1ccccc1N1CCN(CCCn2c(=O)ccn3c4c(=O)n(C)c(=O)n(C)c4nc23)CC1. The maximum atomic E-state index is 12.7. The first-order valence-corrected chi connectivity index (χ1v) is 11.7. The van der Waals surface area contributed by atoms with Crippen molar-refractivity contribution in [1.29, 1.82) is 0 Å². The summed E-state index contributed by atoms with van der Waals surface area (Å²) in [5, 5.41) is 0. The minimum Gasteiger partial charge on any atom is -0.495 e. The van der Waals surface area contributed by atoms with Crippen LogP contribution in [0.15, 0.2) is 50.9 Å². The molecule has 11 nitrogen and oxygen atoms in total. The third-order valence-electron chi connectivity index (χ3n) is 6.80. The third-order valence-corrected chi connectivity index (χ3v) is 6.80. The number of hydrogen-bond donors (Lipinski definition) is 0. The lowest BCUT2D eigenvalue weighted by Crippen LogP contribution is -2.46. The van der Waals surface area contributed by atoms with Gasteiger partial charge in [0.05, 0.1) is 12.8 Å². The predicted molar refractivity (Wildman–Crippen MR) is 134 cm³/mol. The molecule has 0 saturated carbocycles. The summed E-state index contributed by atoms with van der Waals surface area (Å²) in [7, 11) is 4.70. The number of ether oxygens (including phenoxy) is 1. The molecule has 11 heteroatoms. The molecule has 0 N–H and O–H groups in total. The van der Waals surface area contributed by atoms with Crippen LogP contribution in [0.5, 0.6) is 5.75 Å². The maximum absolute atomic E-state index is 12.7. The number of para-hydroxylation sites is 2. The first kappa shape index (κ1) is 22.9. The lowest BCUT2D eigenvalue weighted by atomic mass is 10.2. The summed E-state index contributed by atoms with van der Waals surface area (Å²) >= 11 is 0. The van der Waals surface area contributed by atoms with Gasteiger partial charge in [0.2, 0.25) is 5.78 Å². The van der Waals surface area contributed by atoms with Crippen LogP contribution in [0, 0.1) is 0 Å². The Morgan fingerprint density at radius 3 is 2.43 bits per heavy atom. The molecular weight excluding hydrogens is 450 g/mol. The molecule has 0 bridgehead atoms. The van der Waals surface area contributed by atoms with Crippen molar-refractivity contribution >= 4 is 22.6 Å². The van der Waals surface area contributed by atoms with E-state index in [9.17, 15) is 14.4 Å². The van der Waals surface area contributed by atoms with Gasteiger partial charge in [0.25, 0.3) is 11.1 Å². The molecule has 3 aromatic heterocycles. The van der Waals surface area contributed by atoms with Crippen molar-refractivity contribution in [2.45, 2.75) is 13.0 Å². The van der Waals surface area contributed by atoms with Gasteiger partial charge in [-0.3, -0.25) is 32.6 Å². The van der Waals surface area contributed by atoms with Gasteiger partial charge in [-0.1, -0.05) is 12.1 Å². The molecule has 5 rings (SSSR count). The number of anilines is 1. The van der Waals surface area contributed by atoms with Crippen LogP contribution in [0.4, 0.5) is 5.69 Å². The first-order valence-electron chi connectivity index (χ1n) is 11.7. The zero-order valence-corrected chi connectivity index (χ0v) is 20.2. The van der Waals surface area contributed by atoms with Crippen molar-refractivity contribution in [3.63, 3.8) is 0 Å². The number of piperazine rings is 1. The summed E-state index contributed by atoms with van der Waals surface area (Å²) in [6.45, 7) is 4.95. The Morgan fingerprint density at radius 1 is 0.943 bits per heavy atom. The molecule has 1 fully saturated rings. The van der Waals surface area contributed by atoms with E-state index in [1.807, 2.05) is 18.2 Å². The normalized spacial score (nSPS) is 14.8. The molecule has 1 saturated heterocycles. The molecule has 1 aromatic carbocycles. The van der Waals surface area contributed by atoms with Crippen molar-refractivity contribution in [2.75, 3.05) is 44.7 Å². The van der Waals surface area contributed by atoms with Crippen molar-refractivity contribution in [3.8, 4) is 5.75 Å². The Morgan fingerprint density at radius 2 is 1.69 bits per heavy atom. The Hall–Kier alpha value is -3.86. The van der Waals surface area contributed by atoms with Crippen molar-refractivity contribution in [3.05, 3.63) is 67.7 Å². The molecule has 0 radical (unpaired) electrons.